The molecule has 0 saturated carbocycles. The highest BCUT2D eigenvalue weighted by Gasteiger charge is 2.23. The van der Waals surface area contributed by atoms with Crippen LogP contribution in [0.4, 0.5) is 5.82 Å². The quantitative estimate of drug-likeness (QED) is 0.507. The van der Waals surface area contributed by atoms with E-state index in [2.05, 4.69) is 36.5 Å². The molecule has 0 fully saturated rings. The molecule has 2 aromatic carbocycles. The number of hydrogen-bond donors (Lipinski definition) is 1. The van der Waals surface area contributed by atoms with Crippen molar-refractivity contribution in [2.24, 2.45) is 0 Å². The van der Waals surface area contributed by atoms with Crippen LogP contribution < -0.4 is 5.32 Å². The highest BCUT2D eigenvalue weighted by Crippen LogP contribution is 2.30. The predicted molar refractivity (Wildman–Crippen MR) is 116 cm³/mol. The van der Waals surface area contributed by atoms with Gasteiger partial charge in [-0.3, -0.25) is 0 Å². The minimum absolute atomic E-state index is 0.162. The normalized spacial score (nSPS) is 14.1. The third kappa shape index (κ3) is 3.58. The molecule has 0 aliphatic heterocycles. The van der Waals surface area contributed by atoms with E-state index in [-0.39, 0.29) is 6.04 Å². The minimum atomic E-state index is 0.162. The molecule has 5 rings (SSSR count). The van der Waals surface area contributed by atoms with E-state index in [0.29, 0.717) is 12.2 Å². The Morgan fingerprint density at radius 2 is 1.83 bits per heavy atom. The van der Waals surface area contributed by atoms with Crippen LogP contribution in [0.25, 0.3) is 5.78 Å². The van der Waals surface area contributed by atoms with Gasteiger partial charge in [0.25, 0.3) is 5.78 Å². The topological polar surface area (TPSA) is 55.1 Å². The van der Waals surface area contributed by atoms with Crippen molar-refractivity contribution in [3.63, 3.8) is 0 Å². The van der Waals surface area contributed by atoms with Crippen molar-refractivity contribution in [2.75, 3.05) is 5.32 Å². The van der Waals surface area contributed by atoms with Gasteiger partial charge in [0.15, 0.2) is 5.82 Å². The first-order chi connectivity index (χ1) is 14.2. The number of benzene rings is 2. The van der Waals surface area contributed by atoms with Crippen LogP contribution in [0.1, 0.15) is 47.6 Å². The summed E-state index contributed by atoms with van der Waals surface area (Å²) in [6.07, 6.45) is 3.80. The maximum atomic E-state index is 6.00. The lowest BCUT2D eigenvalue weighted by Crippen LogP contribution is -2.14. The Bertz CT molecular complexity index is 1150. The summed E-state index contributed by atoms with van der Waals surface area (Å²) in [6.45, 7) is 2.18. The maximum Gasteiger partial charge on any atom is 0.254 e. The van der Waals surface area contributed by atoms with Gasteiger partial charge in [0, 0.05) is 23.0 Å². The average molecular weight is 404 g/mol. The van der Waals surface area contributed by atoms with E-state index in [4.69, 9.17) is 26.7 Å². The fourth-order valence-corrected chi connectivity index (χ4v) is 4.09. The molecule has 2 aromatic heterocycles. The number of hydrogen-bond acceptors (Lipinski definition) is 4. The summed E-state index contributed by atoms with van der Waals surface area (Å²) in [5.74, 6) is 2.45. The molecule has 1 aliphatic carbocycles. The van der Waals surface area contributed by atoms with Gasteiger partial charge in [0.1, 0.15) is 5.82 Å². The molecule has 4 aromatic rings. The number of nitrogens with zero attached hydrogens (tertiary/aromatic N) is 4. The largest absolute Gasteiger partial charge is 0.363 e. The molecule has 6 heteroatoms. The molecule has 146 valence electrons. The van der Waals surface area contributed by atoms with Gasteiger partial charge in [-0.15, -0.1) is 5.10 Å². The molecule has 1 N–H and O–H groups in total. The first kappa shape index (κ1) is 18.1. The van der Waals surface area contributed by atoms with E-state index in [1.54, 1.807) is 0 Å². The Balaban J connectivity index is 1.53. The van der Waals surface area contributed by atoms with Crippen LogP contribution in [0.15, 0.2) is 54.6 Å². The van der Waals surface area contributed by atoms with Crippen molar-refractivity contribution >= 4 is 23.2 Å². The minimum Gasteiger partial charge on any atom is -0.363 e. The van der Waals surface area contributed by atoms with E-state index in [1.165, 1.54) is 11.1 Å². The lowest BCUT2D eigenvalue weighted by molar-refractivity contribution is 0.820. The Kier molecular flexibility index (Phi) is 4.68. The van der Waals surface area contributed by atoms with Crippen molar-refractivity contribution < 1.29 is 0 Å². The van der Waals surface area contributed by atoms with Crippen molar-refractivity contribution in [3.05, 3.63) is 87.8 Å². The van der Waals surface area contributed by atoms with Gasteiger partial charge in [0.05, 0.1) is 5.69 Å². The fourth-order valence-electron chi connectivity index (χ4n) is 3.96. The van der Waals surface area contributed by atoms with Crippen LogP contribution >= 0.6 is 11.6 Å². The lowest BCUT2D eigenvalue weighted by Gasteiger charge is -2.18. The number of aryl methyl sites for hydroxylation is 1. The maximum absolute atomic E-state index is 6.00. The van der Waals surface area contributed by atoms with Crippen LogP contribution in [0.3, 0.4) is 0 Å². The summed E-state index contributed by atoms with van der Waals surface area (Å²) >= 11 is 6.00. The van der Waals surface area contributed by atoms with Crippen LogP contribution in [0, 0.1) is 0 Å². The van der Waals surface area contributed by atoms with Crippen molar-refractivity contribution in [1.29, 1.82) is 0 Å². The zero-order valence-corrected chi connectivity index (χ0v) is 17.0. The second kappa shape index (κ2) is 7.48. The monoisotopic (exact) mass is 403 g/mol. The first-order valence-electron chi connectivity index (χ1n) is 10.0. The van der Waals surface area contributed by atoms with Crippen molar-refractivity contribution in [2.45, 2.75) is 38.6 Å². The van der Waals surface area contributed by atoms with E-state index >= 15 is 0 Å². The van der Waals surface area contributed by atoms with Gasteiger partial charge in [-0.05, 0) is 49.4 Å². The number of nitrogens with one attached hydrogen (secondary N) is 1. The van der Waals surface area contributed by atoms with Crippen LogP contribution in [0.5, 0.6) is 0 Å². The molecule has 2 heterocycles. The summed E-state index contributed by atoms with van der Waals surface area (Å²) in [7, 11) is 0. The molecule has 0 spiro atoms. The molecular formula is C23H22ClN5. The Labute approximate surface area is 174 Å². The molecule has 0 unspecified atom stereocenters. The Morgan fingerprint density at radius 1 is 1.03 bits per heavy atom. The molecule has 5 nitrogen and oxygen atoms in total. The predicted octanol–water partition coefficient (Wildman–Crippen LogP) is 5.03. The third-order valence-electron chi connectivity index (χ3n) is 5.48. The second-order valence-electron chi connectivity index (χ2n) is 7.56. The molecule has 29 heavy (non-hydrogen) atoms. The molecule has 1 aliphatic rings. The summed E-state index contributed by atoms with van der Waals surface area (Å²) < 4.78 is 1.88. The zero-order valence-electron chi connectivity index (χ0n) is 16.3. The van der Waals surface area contributed by atoms with Gasteiger partial charge >= 0.3 is 0 Å². The Hall–Kier alpha value is -2.92. The molecule has 0 radical (unpaired) electrons. The summed E-state index contributed by atoms with van der Waals surface area (Å²) in [5.41, 5.74) is 4.78. The SMILES string of the molecule is C[C@@H](Nc1c2c(nc3nc(Cc4ccc(Cl)cc4)nn13)CCC2)c1ccccc1. The Morgan fingerprint density at radius 3 is 2.62 bits per heavy atom. The van der Waals surface area contributed by atoms with Crippen molar-refractivity contribution in [1.82, 2.24) is 19.6 Å². The number of rotatable bonds is 5. The molecule has 1 atom stereocenters. The number of halogens is 1. The van der Waals surface area contributed by atoms with Gasteiger partial charge < -0.3 is 5.32 Å². The lowest BCUT2D eigenvalue weighted by atomic mass is 10.1. The third-order valence-corrected chi connectivity index (χ3v) is 5.74. The summed E-state index contributed by atoms with van der Waals surface area (Å²) in [5, 5.41) is 9.22. The molecule has 0 amide bonds. The van der Waals surface area contributed by atoms with E-state index in [0.717, 1.165) is 47.2 Å². The summed E-state index contributed by atoms with van der Waals surface area (Å²) in [6, 6.07) is 18.4. The standard InChI is InChI=1S/C23H22ClN5/c1-15(17-6-3-2-4-7-17)25-22-19-8-5-9-20(19)26-23-27-21(28-29(22)23)14-16-10-12-18(24)13-11-16/h2-4,6-7,10-13,15,25H,5,8-9,14H2,1H3/t15-/m1/s1. The van der Waals surface area contributed by atoms with Crippen LogP contribution in [-0.4, -0.2) is 19.6 Å². The smallest absolute Gasteiger partial charge is 0.254 e. The van der Waals surface area contributed by atoms with E-state index in [9.17, 15) is 0 Å². The average Bonchev–Trinajstić information content (AvgIpc) is 3.36. The zero-order chi connectivity index (χ0) is 19.8. The van der Waals surface area contributed by atoms with Crippen LogP contribution in [-0.2, 0) is 19.3 Å². The number of aromatic nitrogens is 4. The molecule has 0 bridgehead atoms. The van der Waals surface area contributed by atoms with E-state index < -0.39 is 0 Å². The van der Waals surface area contributed by atoms with Gasteiger partial charge in [-0.25, -0.2) is 4.98 Å². The van der Waals surface area contributed by atoms with Crippen LogP contribution in [0.2, 0.25) is 5.02 Å². The number of anilines is 1. The molecular weight excluding hydrogens is 382 g/mol. The van der Waals surface area contributed by atoms with Gasteiger partial charge in [-0.2, -0.15) is 9.50 Å². The van der Waals surface area contributed by atoms with Gasteiger partial charge in [-0.1, -0.05) is 54.1 Å². The first-order valence-corrected chi connectivity index (χ1v) is 10.4. The van der Waals surface area contributed by atoms with Gasteiger partial charge in [0.2, 0.25) is 0 Å². The second-order valence-corrected chi connectivity index (χ2v) is 8.00. The molecule has 0 saturated heterocycles. The van der Waals surface area contributed by atoms with E-state index in [1.807, 2.05) is 34.8 Å². The fraction of sp³-hybridized carbons (Fsp3) is 0.261. The van der Waals surface area contributed by atoms with Crippen molar-refractivity contribution in [3.8, 4) is 0 Å². The highest BCUT2D eigenvalue weighted by atomic mass is 35.5. The highest BCUT2D eigenvalue weighted by molar-refractivity contribution is 6.30. The number of fused-ring (bicyclic) bond motifs is 2. The summed E-state index contributed by atoms with van der Waals surface area (Å²) in [4.78, 5) is 9.52.